The van der Waals surface area contributed by atoms with Gasteiger partial charge in [-0.2, -0.15) is 0 Å². The van der Waals surface area contributed by atoms with Crippen molar-refractivity contribution in [1.29, 1.82) is 0 Å². The zero-order valence-corrected chi connectivity index (χ0v) is 6.83. The zero-order valence-electron chi connectivity index (χ0n) is 6.83. The fraction of sp³-hybridized carbons (Fsp3) is 1.00. The Hall–Kier alpha value is -0.120. The van der Waals surface area contributed by atoms with Crippen LogP contribution in [0.15, 0.2) is 0 Å². The maximum absolute atomic E-state index is 8.57. The largest absolute Gasteiger partial charge is 0.394 e. The van der Waals surface area contributed by atoms with E-state index in [1.807, 2.05) is 13.8 Å². The van der Waals surface area contributed by atoms with Gasteiger partial charge in [-0.3, -0.25) is 0 Å². The van der Waals surface area contributed by atoms with Gasteiger partial charge in [0.15, 0.2) is 6.29 Å². The van der Waals surface area contributed by atoms with E-state index in [2.05, 4.69) is 0 Å². The number of aliphatic hydroxyl groups excluding tert-OH is 1. The lowest BCUT2D eigenvalue weighted by Crippen LogP contribution is -2.22. The monoisotopic (exact) mass is 148 g/mol. The summed E-state index contributed by atoms with van der Waals surface area (Å²) in [6.45, 7) is 6.20. The number of aliphatic hydroxyl groups is 1. The maximum Gasteiger partial charge on any atom is 0.155 e. The second kappa shape index (κ2) is 5.65. The molecule has 0 saturated carbocycles. The lowest BCUT2D eigenvalue weighted by molar-refractivity contribution is -0.160. The lowest BCUT2D eigenvalue weighted by atomic mass is 10.4. The van der Waals surface area contributed by atoms with E-state index >= 15 is 0 Å². The molecule has 1 N–H and O–H groups in total. The van der Waals surface area contributed by atoms with Gasteiger partial charge >= 0.3 is 0 Å². The molecule has 0 aliphatic heterocycles. The van der Waals surface area contributed by atoms with Crippen LogP contribution in [0.5, 0.6) is 0 Å². The van der Waals surface area contributed by atoms with Crippen LogP contribution in [0.3, 0.4) is 0 Å². The molecule has 0 unspecified atom stereocenters. The third kappa shape index (κ3) is 4.73. The fourth-order valence-corrected chi connectivity index (χ4v) is 0.644. The average molecular weight is 148 g/mol. The van der Waals surface area contributed by atoms with Crippen LogP contribution in [0.2, 0.25) is 0 Å². The maximum atomic E-state index is 8.57. The standard InChI is InChI=1S/C7H16O3/c1-4-9-7(3)10-6(2)5-8/h6-8H,4-5H2,1-3H3/t6-,7-/m1/s1. The molecular weight excluding hydrogens is 132 g/mol. The second-order valence-electron chi connectivity index (χ2n) is 2.15. The first-order valence-electron chi connectivity index (χ1n) is 3.58. The third-order valence-electron chi connectivity index (χ3n) is 1.08. The van der Waals surface area contributed by atoms with Crippen molar-refractivity contribution in [1.82, 2.24) is 0 Å². The van der Waals surface area contributed by atoms with E-state index in [-0.39, 0.29) is 19.0 Å². The smallest absolute Gasteiger partial charge is 0.155 e. The van der Waals surface area contributed by atoms with Crippen molar-refractivity contribution < 1.29 is 14.6 Å². The summed E-state index contributed by atoms with van der Waals surface area (Å²) in [7, 11) is 0. The number of rotatable bonds is 5. The minimum absolute atomic E-state index is 0.0391. The Bertz CT molecular complexity index is 75.3. The van der Waals surface area contributed by atoms with Gasteiger partial charge in [-0.15, -0.1) is 0 Å². The Labute approximate surface area is 62.0 Å². The highest BCUT2D eigenvalue weighted by molar-refractivity contribution is 4.44. The zero-order chi connectivity index (χ0) is 7.98. The molecule has 0 aromatic carbocycles. The van der Waals surface area contributed by atoms with Crippen molar-refractivity contribution in [3.63, 3.8) is 0 Å². The molecule has 3 heteroatoms. The molecule has 0 amide bonds. The van der Waals surface area contributed by atoms with Gasteiger partial charge in [-0.25, -0.2) is 0 Å². The predicted octanol–water partition coefficient (Wildman–Crippen LogP) is 0.766. The van der Waals surface area contributed by atoms with Gasteiger partial charge in [0.1, 0.15) is 0 Å². The molecule has 0 aromatic heterocycles. The fourth-order valence-electron chi connectivity index (χ4n) is 0.644. The quantitative estimate of drug-likeness (QED) is 0.585. The lowest BCUT2D eigenvalue weighted by Gasteiger charge is -2.16. The molecule has 10 heavy (non-hydrogen) atoms. The van der Waals surface area contributed by atoms with Gasteiger partial charge in [0.05, 0.1) is 12.7 Å². The molecular formula is C7H16O3. The number of hydrogen-bond acceptors (Lipinski definition) is 3. The SMILES string of the molecule is CCO[C@@H](C)O[C@H](C)CO. The van der Waals surface area contributed by atoms with Gasteiger partial charge in [0, 0.05) is 6.61 Å². The number of ether oxygens (including phenoxy) is 2. The Morgan fingerprint density at radius 3 is 2.40 bits per heavy atom. The first-order valence-corrected chi connectivity index (χ1v) is 3.58. The van der Waals surface area contributed by atoms with E-state index in [4.69, 9.17) is 14.6 Å². The Morgan fingerprint density at radius 1 is 1.40 bits per heavy atom. The van der Waals surface area contributed by atoms with Crippen molar-refractivity contribution in [2.45, 2.75) is 33.2 Å². The first kappa shape index (κ1) is 9.88. The van der Waals surface area contributed by atoms with Gasteiger partial charge in [-0.05, 0) is 20.8 Å². The molecule has 0 heterocycles. The van der Waals surface area contributed by atoms with Crippen molar-refractivity contribution in [2.24, 2.45) is 0 Å². The summed E-state index contributed by atoms with van der Waals surface area (Å²) >= 11 is 0. The predicted molar refractivity (Wildman–Crippen MR) is 38.7 cm³/mol. The molecule has 0 rings (SSSR count). The molecule has 2 atom stereocenters. The topological polar surface area (TPSA) is 38.7 Å². The van der Waals surface area contributed by atoms with Crippen LogP contribution in [0, 0.1) is 0 Å². The van der Waals surface area contributed by atoms with Gasteiger partial charge in [0.25, 0.3) is 0 Å². The van der Waals surface area contributed by atoms with Crippen LogP contribution in [-0.4, -0.2) is 30.7 Å². The molecule has 62 valence electrons. The Balaban J connectivity index is 3.27. The summed E-state index contributed by atoms with van der Waals surface area (Å²) in [5, 5.41) is 8.57. The highest BCUT2D eigenvalue weighted by Crippen LogP contribution is 1.97. The van der Waals surface area contributed by atoms with E-state index in [0.29, 0.717) is 6.61 Å². The normalized spacial score (nSPS) is 16.8. The van der Waals surface area contributed by atoms with Crippen molar-refractivity contribution in [3.05, 3.63) is 0 Å². The van der Waals surface area contributed by atoms with E-state index in [0.717, 1.165) is 0 Å². The van der Waals surface area contributed by atoms with Crippen LogP contribution in [0.1, 0.15) is 20.8 Å². The molecule has 0 radical (unpaired) electrons. The molecule has 0 spiro atoms. The summed E-state index contributed by atoms with van der Waals surface area (Å²) < 4.78 is 10.2. The molecule has 0 saturated heterocycles. The van der Waals surface area contributed by atoms with Crippen LogP contribution in [-0.2, 0) is 9.47 Å². The van der Waals surface area contributed by atoms with Crippen molar-refractivity contribution >= 4 is 0 Å². The number of hydrogen-bond donors (Lipinski definition) is 1. The van der Waals surface area contributed by atoms with E-state index < -0.39 is 0 Å². The molecule has 0 bridgehead atoms. The van der Waals surface area contributed by atoms with Gasteiger partial charge in [-0.1, -0.05) is 0 Å². The van der Waals surface area contributed by atoms with E-state index in [1.165, 1.54) is 0 Å². The third-order valence-corrected chi connectivity index (χ3v) is 1.08. The molecule has 0 fully saturated rings. The van der Waals surface area contributed by atoms with Crippen LogP contribution in [0.25, 0.3) is 0 Å². The summed E-state index contributed by atoms with van der Waals surface area (Å²) in [6.07, 6.45) is -0.353. The summed E-state index contributed by atoms with van der Waals surface area (Å²) in [6, 6.07) is 0. The van der Waals surface area contributed by atoms with E-state index in [9.17, 15) is 0 Å². The Kier molecular flexibility index (Phi) is 5.58. The minimum atomic E-state index is -0.216. The minimum Gasteiger partial charge on any atom is -0.394 e. The van der Waals surface area contributed by atoms with Crippen molar-refractivity contribution in [2.75, 3.05) is 13.2 Å². The molecule has 0 aliphatic rings. The van der Waals surface area contributed by atoms with Crippen molar-refractivity contribution in [3.8, 4) is 0 Å². The average Bonchev–Trinajstić information content (AvgIpc) is 1.88. The highest BCUT2D eigenvalue weighted by atomic mass is 16.7. The highest BCUT2D eigenvalue weighted by Gasteiger charge is 2.05. The van der Waals surface area contributed by atoms with Gasteiger partial charge < -0.3 is 14.6 Å². The molecule has 3 nitrogen and oxygen atoms in total. The van der Waals surface area contributed by atoms with Crippen LogP contribution >= 0.6 is 0 Å². The van der Waals surface area contributed by atoms with Crippen LogP contribution < -0.4 is 0 Å². The Morgan fingerprint density at radius 2 is 2.00 bits per heavy atom. The molecule has 0 aromatic rings. The van der Waals surface area contributed by atoms with E-state index in [1.54, 1.807) is 6.92 Å². The van der Waals surface area contributed by atoms with Crippen LogP contribution in [0.4, 0.5) is 0 Å². The first-order chi connectivity index (χ1) is 4.70. The summed E-state index contributed by atoms with van der Waals surface area (Å²) in [5.74, 6) is 0. The summed E-state index contributed by atoms with van der Waals surface area (Å²) in [5.41, 5.74) is 0. The molecule has 0 aliphatic carbocycles. The second-order valence-corrected chi connectivity index (χ2v) is 2.15. The van der Waals surface area contributed by atoms with Gasteiger partial charge in [0.2, 0.25) is 0 Å². The summed E-state index contributed by atoms with van der Waals surface area (Å²) in [4.78, 5) is 0.